The van der Waals surface area contributed by atoms with E-state index in [1.54, 1.807) is 0 Å². The van der Waals surface area contributed by atoms with E-state index in [1.165, 1.54) is 0 Å². The summed E-state index contributed by atoms with van der Waals surface area (Å²) in [5.41, 5.74) is -0.471. The smallest absolute Gasteiger partial charge is 0.545 e. The van der Waals surface area contributed by atoms with E-state index in [2.05, 4.69) is 16.1 Å². The summed E-state index contributed by atoms with van der Waals surface area (Å²) >= 11 is 0. The highest BCUT2D eigenvalue weighted by atomic mass is 19.4. The van der Waals surface area contributed by atoms with Crippen molar-refractivity contribution in [3.05, 3.63) is 36.4 Å². The molecule has 5 nitrogen and oxygen atoms in total. The first-order valence-electron chi connectivity index (χ1n) is 4.68. The lowest BCUT2D eigenvalue weighted by molar-refractivity contribution is -0.275. The molecule has 0 unspecified atom stereocenters. The van der Waals surface area contributed by atoms with Crippen LogP contribution in [0.2, 0.25) is 0 Å². The minimum absolute atomic E-state index is 0.471. The average molecular weight is 275 g/mol. The number of carboxylic acids is 1. The Morgan fingerprint density at radius 3 is 2.37 bits per heavy atom. The van der Waals surface area contributed by atoms with E-state index in [1.807, 2.05) is 0 Å². The molecule has 0 aliphatic rings. The van der Waals surface area contributed by atoms with E-state index < -0.39 is 35.4 Å². The summed E-state index contributed by atoms with van der Waals surface area (Å²) < 4.78 is 44.3. The van der Waals surface area contributed by atoms with Crippen molar-refractivity contribution < 1.29 is 37.3 Å². The van der Waals surface area contributed by atoms with Crippen molar-refractivity contribution in [1.29, 1.82) is 0 Å². The molecule has 0 saturated carbocycles. The van der Waals surface area contributed by atoms with Crippen LogP contribution in [0.15, 0.2) is 30.9 Å². The van der Waals surface area contributed by atoms with Crippen molar-refractivity contribution >= 4 is 11.9 Å². The van der Waals surface area contributed by atoms with Gasteiger partial charge in [-0.2, -0.15) is 0 Å². The van der Waals surface area contributed by atoms with Gasteiger partial charge in [0, 0.05) is 11.6 Å². The van der Waals surface area contributed by atoms with E-state index in [0.717, 1.165) is 6.07 Å². The lowest BCUT2D eigenvalue weighted by Crippen LogP contribution is -2.23. The van der Waals surface area contributed by atoms with Gasteiger partial charge in [0.15, 0.2) is 11.5 Å². The second-order valence-corrected chi connectivity index (χ2v) is 3.12. The van der Waals surface area contributed by atoms with E-state index in [9.17, 15) is 27.9 Å². The molecular formula is C11H6F3O5-. The first kappa shape index (κ1) is 14.6. The maximum atomic E-state index is 12.1. The van der Waals surface area contributed by atoms with E-state index >= 15 is 0 Å². The molecule has 0 bridgehead atoms. The number of halogens is 3. The van der Waals surface area contributed by atoms with Crippen LogP contribution in [0.25, 0.3) is 0 Å². The van der Waals surface area contributed by atoms with Crippen LogP contribution in [0, 0.1) is 0 Å². The maximum Gasteiger partial charge on any atom is 0.573 e. The van der Waals surface area contributed by atoms with Gasteiger partial charge in [0.25, 0.3) is 0 Å². The summed E-state index contributed by atoms with van der Waals surface area (Å²) in [4.78, 5) is 21.5. The summed E-state index contributed by atoms with van der Waals surface area (Å²) in [7, 11) is 0. The minimum atomic E-state index is -5.02. The standard InChI is InChI=1S/C11H7F3O5/c1-2-9(15)18-8-5-6(10(16)17)3-4-7(8)19-11(12,13)14/h2-5H,1H2,(H,16,17)/p-1. The summed E-state index contributed by atoms with van der Waals surface area (Å²) in [5, 5.41) is 10.6. The zero-order chi connectivity index (χ0) is 14.6. The van der Waals surface area contributed by atoms with Gasteiger partial charge in [0.05, 0.1) is 5.97 Å². The summed E-state index contributed by atoms with van der Waals surface area (Å²) in [5.74, 6) is -4.27. The number of hydrogen-bond donors (Lipinski definition) is 0. The topological polar surface area (TPSA) is 75.7 Å². The second kappa shape index (κ2) is 5.42. The molecule has 0 aromatic heterocycles. The van der Waals surface area contributed by atoms with E-state index in [4.69, 9.17) is 0 Å². The molecular weight excluding hydrogens is 269 g/mol. The first-order valence-corrected chi connectivity index (χ1v) is 4.68. The number of carboxylic acid groups (broad SMARTS) is 1. The highest BCUT2D eigenvalue weighted by molar-refractivity contribution is 5.88. The van der Waals surface area contributed by atoms with Gasteiger partial charge in [-0.15, -0.1) is 13.2 Å². The zero-order valence-electron chi connectivity index (χ0n) is 9.19. The van der Waals surface area contributed by atoms with Crippen molar-refractivity contribution in [2.75, 3.05) is 0 Å². The van der Waals surface area contributed by atoms with Crippen molar-refractivity contribution in [1.82, 2.24) is 0 Å². The third-order valence-electron chi connectivity index (χ3n) is 1.78. The van der Waals surface area contributed by atoms with Gasteiger partial charge in [0.2, 0.25) is 0 Å². The fraction of sp³-hybridized carbons (Fsp3) is 0.0909. The van der Waals surface area contributed by atoms with Crippen LogP contribution in [-0.2, 0) is 4.79 Å². The molecule has 0 N–H and O–H groups in total. The number of ether oxygens (including phenoxy) is 2. The Morgan fingerprint density at radius 1 is 1.26 bits per heavy atom. The van der Waals surface area contributed by atoms with Gasteiger partial charge >= 0.3 is 12.3 Å². The maximum absolute atomic E-state index is 12.1. The molecule has 1 aromatic rings. The van der Waals surface area contributed by atoms with Crippen LogP contribution in [0.1, 0.15) is 10.4 Å². The Kier molecular flexibility index (Phi) is 4.15. The predicted molar refractivity (Wildman–Crippen MR) is 53.3 cm³/mol. The molecule has 0 heterocycles. The number of rotatable bonds is 4. The van der Waals surface area contributed by atoms with Gasteiger partial charge in [-0.3, -0.25) is 0 Å². The lowest BCUT2D eigenvalue weighted by Gasteiger charge is -2.14. The number of esters is 1. The molecule has 8 heteroatoms. The van der Waals surface area contributed by atoms with Gasteiger partial charge in [-0.1, -0.05) is 6.58 Å². The van der Waals surface area contributed by atoms with Crippen molar-refractivity contribution in [2.24, 2.45) is 0 Å². The number of hydrogen-bond acceptors (Lipinski definition) is 5. The summed E-state index contributed by atoms with van der Waals surface area (Å²) in [6.45, 7) is 3.05. The fourth-order valence-electron chi connectivity index (χ4n) is 1.07. The molecule has 19 heavy (non-hydrogen) atoms. The predicted octanol–water partition coefficient (Wildman–Crippen LogP) is 1.04. The van der Waals surface area contributed by atoms with Crippen LogP contribution < -0.4 is 14.6 Å². The van der Waals surface area contributed by atoms with Gasteiger partial charge < -0.3 is 19.4 Å². The number of carbonyl (C=O) groups excluding carboxylic acids is 2. The molecule has 0 spiro atoms. The largest absolute Gasteiger partial charge is 0.573 e. The third-order valence-corrected chi connectivity index (χ3v) is 1.78. The van der Waals surface area contributed by atoms with Crippen molar-refractivity contribution in [2.45, 2.75) is 6.36 Å². The van der Waals surface area contributed by atoms with Crippen LogP contribution in [0.4, 0.5) is 13.2 Å². The van der Waals surface area contributed by atoms with Crippen LogP contribution in [0.5, 0.6) is 11.5 Å². The van der Waals surface area contributed by atoms with Gasteiger partial charge in [-0.25, -0.2) is 4.79 Å². The Balaban J connectivity index is 3.18. The summed E-state index contributed by atoms with van der Waals surface area (Å²) in [6.07, 6.45) is -4.32. The first-order chi connectivity index (χ1) is 8.73. The second-order valence-electron chi connectivity index (χ2n) is 3.12. The third kappa shape index (κ3) is 4.34. The molecule has 1 aromatic carbocycles. The normalized spacial score (nSPS) is 10.7. The molecule has 0 amide bonds. The summed E-state index contributed by atoms with van der Waals surface area (Å²) in [6, 6.07) is 2.20. The molecule has 0 radical (unpaired) electrons. The van der Waals surface area contributed by atoms with Crippen LogP contribution >= 0.6 is 0 Å². The Hall–Kier alpha value is -2.51. The molecule has 0 fully saturated rings. The van der Waals surface area contributed by atoms with Crippen LogP contribution in [-0.4, -0.2) is 18.3 Å². The highest BCUT2D eigenvalue weighted by Crippen LogP contribution is 2.33. The van der Waals surface area contributed by atoms with E-state index in [-0.39, 0.29) is 0 Å². The monoisotopic (exact) mass is 275 g/mol. The SMILES string of the molecule is C=CC(=O)Oc1cc(C(=O)[O-])ccc1OC(F)(F)F. The number of alkyl halides is 3. The van der Waals surface area contributed by atoms with Crippen molar-refractivity contribution in [3.8, 4) is 11.5 Å². The van der Waals surface area contributed by atoms with Crippen molar-refractivity contribution in [3.63, 3.8) is 0 Å². The number of aromatic carboxylic acids is 1. The lowest BCUT2D eigenvalue weighted by atomic mass is 10.2. The molecule has 0 atom stereocenters. The quantitative estimate of drug-likeness (QED) is 0.466. The van der Waals surface area contributed by atoms with Gasteiger partial charge in [-0.05, 0) is 18.2 Å². The minimum Gasteiger partial charge on any atom is -0.545 e. The Morgan fingerprint density at radius 2 is 1.89 bits per heavy atom. The highest BCUT2D eigenvalue weighted by Gasteiger charge is 2.32. The average Bonchev–Trinajstić information content (AvgIpc) is 2.29. The van der Waals surface area contributed by atoms with Gasteiger partial charge in [0.1, 0.15) is 0 Å². The van der Waals surface area contributed by atoms with Crippen LogP contribution in [0.3, 0.4) is 0 Å². The Labute approximate surface area is 104 Å². The number of carbonyl (C=O) groups is 2. The van der Waals surface area contributed by atoms with E-state index in [0.29, 0.717) is 18.2 Å². The molecule has 0 saturated heterocycles. The fourth-order valence-corrected chi connectivity index (χ4v) is 1.07. The number of benzene rings is 1. The molecule has 102 valence electrons. The molecule has 1 rings (SSSR count). The Bertz CT molecular complexity index is 522. The molecule has 0 aliphatic heterocycles. The molecule has 0 aliphatic carbocycles. The zero-order valence-corrected chi connectivity index (χ0v) is 9.19.